The second-order valence-electron chi connectivity index (χ2n) is 4.87. The number of nitrogens with zero attached hydrogens (tertiary/aromatic N) is 2. The molecule has 2 aromatic rings. The van der Waals surface area contributed by atoms with Crippen LogP contribution in [-0.4, -0.2) is 21.5 Å². The summed E-state index contributed by atoms with van der Waals surface area (Å²) in [6, 6.07) is 9.37. The molecule has 1 N–H and O–H groups in total. The highest BCUT2D eigenvalue weighted by molar-refractivity contribution is 6.03. The van der Waals surface area contributed by atoms with Gasteiger partial charge in [0.2, 0.25) is 0 Å². The van der Waals surface area contributed by atoms with E-state index in [9.17, 15) is 14.4 Å². The van der Waals surface area contributed by atoms with Crippen molar-refractivity contribution in [2.24, 2.45) is 0 Å². The number of carbonyl (C=O) groups is 2. The van der Waals surface area contributed by atoms with Crippen molar-refractivity contribution in [3.8, 4) is 0 Å². The Labute approximate surface area is 127 Å². The number of aryl methyl sites for hydroxylation is 1. The van der Waals surface area contributed by atoms with Crippen molar-refractivity contribution in [1.29, 1.82) is 0 Å². The first-order chi connectivity index (χ1) is 10.5. The second kappa shape index (κ2) is 6.80. The van der Waals surface area contributed by atoms with Crippen molar-refractivity contribution in [1.82, 2.24) is 9.78 Å². The van der Waals surface area contributed by atoms with E-state index >= 15 is 0 Å². The van der Waals surface area contributed by atoms with Gasteiger partial charge in [0.1, 0.15) is 5.69 Å². The van der Waals surface area contributed by atoms with E-state index in [1.807, 2.05) is 6.92 Å². The zero-order chi connectivity index (χ0) is 16.1. The molecule has 0 fully saturated rings. The van der Waals surface area contributed by atoms with Gasteiger partial charge < -0.3 is 5.32 Å². The first-order valence-electron chi connectivity index (χ1n) is 7.01. The Balaban J connectivity index is 2.22. The van der Waals surface area contributed by atoms with Crippen LogP contribution in [0.3, 0.4) is 0 Å². The van der Waals surface area contributed by atoms with Crippen LogP contribution in [0.4, 0.5) is 5.69 Å². The van der Waals surface area contributed by atoms with Crippen LogP contribution in [0.5, 0.6) is 0 Å². The highest BCUT2D eigenvalue weighted by Crippen LogP contribution is 2.12. The van der Waals surface area contributed by atoms with Crippen molar-refractivity contribution in [2.45, 2.75) is 26.8 Å². The van der Waals surface area contributed by atoms with Gasteiger partial charge in [-0.05, 0) is 31.5 Å². The lowest BCUT2D eigenvalue weighted by Crippen LogP contribution is -2.26. The third kappa shape index (κ3) is 3.66. The third-order valence-corrected chi connectivity index (χ3v) is 3.06. The standard InChI is InChI=1S/C16H17N3O3/c1-3-9-19-15(21)8-7-14(18-19)16(22)17-13-6-4-5-12(10-13)11(2)20/h4-8,10H,3,9H2,1-2H3,(H,17,22). The van der Waals surface area contributed by atoms with Crippen LogP contribution in [0.2, 0.25) is 0 Å². The van der Waals surface area contributed by atoms with E-state index in [1.54, 1.807) is 24.3 Å². The van der Waals surface area contributed by atoms with Crippen molar-refractivity contribution >= 4 is 17.4 Å². The number of hydrogen-bond donors (Lipinski definition) is 1. The fourth-order valence-electron chi connectivity index (χ4n) is 1.95. The Morgan fingerprint density at radius 3 is 2.68 bits per heavy atom. The van der Waals surface area contributed by atoms with E-state index in [-0.39, 0.29) is 17.0 Å². The van der Waals surface area contributed by atoms with Gasteiger partial charge in [0.15, 0.2) is 5.78 Å². The molecule has 0 aliphatic rings. The maximum Gasteiger partial charge on any atom is 0.276 e. The van der Waals surface area contributed by atoms with Gasteiger partial charge in [-0.1, -0.05) is 19.1 Å². The van der Waals surface area contributed by atoms with E-state index in [0.29, 0.717) is 17.8 Å². The Hall–Kier alpha value is -2.76. The molecule has 0 aliphatic carbocycles. The van der Waals surface area contributed by atoms with Crippen molar-refractivity contribution in [3.05, 3.63) is 58.0 Å². The van der Waals surface area contributed by atoms with Crippen molar-refractivity contribution in [2.75, 3.05) is 5.32 Å². The highest BCUT2D eigenvalue weighted by atomic mass is 16.2. The summed E-state index contributed by atoms with van der Waals surface area (Å²) in [4.78, 5) is 35.1. The van der Waals surface area contributed by atoms with Crippen LogP contribution in [-0.2, 0) is 6.54 Å². The molecule has 1 aromatic carbocycles. The number of amides is 1. The van der Waals surface area contributed by atoms with Gasteiger partial charge in [-0.2, -0.15) is 5.10 Å². The lowest BCUT2D eigenvalue weighted by Gasteiger charge is -2.07. The number of aromatic nitrogens is 2. The summed E-state index contributed by atoms with van der Waals surface area (Å²) in [5.74, 6) is -0.503. The van der Waals surface area contributed by atoms with Crippen LogP contribution < -0.4 is 10.9 Å². The van der Waals surface area contributed by atoms with Gasteiger partial charge in [-0.3, -0.25) is 14.4 Å². The summed E-state index contributed by atoms with van der Waals surface area (Å²) in [5.41, 5.74) is 0.938. The number of anilines is 1. The van der Waals surface area contributed by atoms with Gasteiger partial charge in [-0.15, -0.1) is 0 Å². The van der Waals surface area contributed by atoms with Crippen molar-refractivity contribution < 1.29 is 9.59 Å². The Morgan fingerprint density at radius 1 is 1.23 bits per heavy atom. The lowest BCUT2D eigenvalue weighted by molar-refractivity contribution is 0.100. The number of carbonyl (C=O) groups excluding carboxylic acids is 2. The molecule has 0 atom stereocenters. The zero-order valence-corrected chi connectivity index (χ0v) is 12.5. The number of benzene rings is 1. The third-order valence-electron chi connectivity index (χ3n) is 3.06. The van der Waals surface area contributed by atoms with E-state index in [2.05, 4.69) is 10.4 Å². The molecule has 114 valence electrons. The van der Waals surface area contributed by atoms with Crippen LogP contribution in [0.1, 0.15) is 41.1 Å². The summed E-state index contributed by atoms with van der Waals surface area (Å²) < 4.78 is 1.26. The van der Waals surface area contributed by atoms with Gasteiger partial charge in [-0.25, -0.2) is 4.68 Å². The average molecular weight is 299 g/mol. The summed E-state index contributed by atoms with van der Waals surface area (Å²) >= 11 is 0. The van der Waals surface area contributed by atoms with Gasteiger partial charge in [0.05, 0.1) is 0 Å². The normalized spacial score (nSPS) is 10.3. The molecule has 0 radical (unpaired) electrons. The van der Waals surface area contributed by atoms with Gasteiger partial charge in [0, 0.05) is 23.9 Å². The SMILES string of the molecule is CCCn1nc(C(=O)Nc2cccc(C(C)=O)c2)ccc1=O. The number of Topliss-reactive ketones (excluding diaryl/α,β-unsaturated/α-hetero) is 1. The molecule has 0 unspecified atom stereocenters. The predicted octanol–water partition coefficient (Wildman–Crippen LogP) is 2.11. The Morgan fingerprint density at radius 2 is 2.00 bits per heavy atom. The molecular formula is C16H17N3O3. The minimum Gasteiger partial charge on any atom is -0.321 e. The van der Waals surface area contributed by atoms with E-state index in [4.69, 9.17) is 0 Å². The van der Waals surface area contributed by atoms with Crippen LogP contribution in [0.15, 0.2) is 41.2 Å². The van der Waals surface area contributed by atoms with Gasteiger partial charge in [0.25, 0.3) is 11.5 Å². The molecular weight excluding hydrogens is 282 g/mol. The molecule has 0 bridgehead atoms. The smallest absolute Gasteiger partial charge is 0.276 e. The molecule has 1 amide bonds. The summed E-state index contributed by atoms with van der Waals surface area (Å²) in [6.45, 7) is 3.84. The van der Waals surface area contributed by atoms with Crippen LogP contribution in [0.25, 0.3) is 0 Å². The topological polar surface area (TPSA) is 81.1 Å². The van der Waals surface area contributed by atoms with Crippen LogP contribution in [0, 0.1) is 0 Å². The lowest BCUT2D eigenvalue weighted by atomic mass is 10.1. The largest absolute Gasteiger partial charge is 0.321 e. The molecule has 1 aromatic heterocycles. The molecule has 22 heavy (non-hydrogen) atoms. The molecule has 2 rings (SSSR count). The maximum atomic E-state index is 12.2. The van der Waals surface area contributed by atoms with E-state index in [1.165, 1.54) is 23.7 Å². The van der Waals surface area contributed by atoms with Gasteiger partial charge >= 0.3 is 0 Å². The fraction of sp³-hybridized carbons (Fsp3) is 0.250. The monoisotopic (exact) mass is 299 g/mol. The zero-order valence-electron chi connectivity index (χ0n) is 12.5. The Bertz CT molecular complexity index is 765. The molecule has 0 aliphatic heterocycles. The number of nitrogens with one attached hydrogen (secondary N) is 1. The second-order valence-corrected chi connectivity index (χ2v) is 4.87. The summed E-state index contributed by atoms with van der Waals surface area (Å²) in [7, 11) is 0. The molecule has 0 saturated carbocycles. The Kier molecular flexibility index (Phi) is 4.83. The highest BCUT2D eigenvalue weighted by Gasteiger charge is 2.10. The first kappa shape index (κ1) is 15.6. The quantitative estimate of drug-likeness (QED) is 0.857. The number of ketones is 1. The maximum absolute atomic E-state index is 12.2. The average Bonchev–Trinajstić information content (AvgIpc) is 2.50. The molecule has 6 heteroatoms. The summed E-state index contributed by atoms with van der Waals surface area (Å²) in [5, 5.41) is 6.71. The minimum atomic E-state index is -0.425. The molecule has 1 heterocycles. The van der Waals surface area contributed by atoms with E-state index in [0.717, 1.165) is 6.42 Å². The number of rotatable bonds is 5. The van der Waals surface area contributed by atoms with Crippen LogP contribution >= 0.6 is 0 Å². The minimum absolute atomic E-state index is 0.0780. The van der Waals surface area contributed by atoms with Crippen molar-refractivity contribution in [3.63, 3.8) is 0 Å². The predicted molar refractivity (Wildman–Crippen MR) is 83.2 cm³/mol. The molecule has 0 saturated heterocycles. The van der Waals surface area contributed by atoms with E-state index < -0.39 is 5.91 Å². The molecule has 6 nitrogen and oxygen atoms in total. The fourth-order valence-corrected chi connectivity index (χ4v) is 1.95. The molecule has 0 spiro atoms. The number of hydrogen-bond acceptors (Lipinski definition) is 4. The summed E-state index contributed by atoms with van der Waals surface area (Å²) in [6.07, 6.45) is 0.749. The first-order valence-corrected chi connectivity index (χ1v) is 7.01.